The zero-order chi connectivity index (χ0) is 12.3. The minimum absolute atomic E-state index is 0.141. The number of hydrogen-bond acceptors (Lipinski definition) is 4. The van der Waals surface area contributed by atoms with E-state index in [1.807, 2.05) is 0 Å². The maximum atomic E-state index is 9.73. The third-order valence-electron chi connectivity index (χ3n) is 2.95. The molecule has 0 aromatic heterocycles. The van der Waals surface area contributed by atoms with Crippen LogP contribution < -0.4 is 10.1 Å². The van der Waals surface area contributed by atoms with Gasteiger partial charge in [-0.1, -0.05) is 11.6 Å². The molecule has 1 saturated heterocycles. The molecule has 1 aromatic rings. The van der Waals surface area contributed by atoms with E-state index in [1.54, 1.807) is 12.1 Å². The number of methoxy groups -OCH3 is 1. The van der Waals surface area contributed by atoms with E-state index >= 15 is 0 Å². The van der Waals surface area contributed by atoms with Gasteiger partial charge in [0.1, 0.15) is 0 Å². The molecule has 2 N–H and O–H groups in total. The standard InChI is InChI=1S/C12H17ClN2O2/c1-17-12-7-10(13)9(6-11(12)16)8-15-4-2-14-3-5-15/h6-7,14,16H,2-5,8H2,1H3. The van der Waals surface area contributed by atoms with Crippen molar-refractivity contribution in [3.63, 3.8) is 0 Å². The van der Waals surface area contributed by atoms with Crippen molar-refractivity contribution in [1.29, 1.82) is 0 Å². The summed E-state index contributed by atoms with van der Waals surface area (Å²) in [5.41, 5.74) is 0.937. The lowest BCUT2D eigenvalue weighted by molar-refractivity contribution is 0.233. The maximum absolute atomic E-state index is 9.73. The predicted octanol–water partition coefficient (Wildman–Crippen LogP) is 1.46. The summed E-state index contributed by atoms with van der Waals surface area (Å²) >= 11 is 6.17. The SMILES string of the molecule is COc1cc(Cl)c(CN2CCNCC2)cc1O. The number of nitrogens with one attached hydrogen (secondary N) is 1. The molecule has 0 unspecified atom stereocenters. The van der Waals surface area contributed by atoms with Crippen molar-refractivity contribution in [2.45, 2.75) is 6.54 Å². The van der Waals surface area contributed by atoms with Crippen molar-refractivity contribution in [2.75, 3.05) is 33.3 Å². The van der Waals surface area contributed by atoms with E-state index in [1.165, 1.54) is 7.11 Å². The normalized spacial score (nSPS) is 17.1. The summed E-state index contributed by atoms with van der Waals surface area (Å²) in [5.74, 6) is 0.557. The monoisotopic (exact) mass is 256 g/mol. The van der Waals surface area contributed by atoms with Gasteiger partial charge >= 0.3 is 0 Å². The number of phenols is 1. The minimum atomic E-state index is 0.141. The van der Waals surface area contributed by atoms with Gasteiger partial charge in [-0.05, 0) is 11.6 Å². The molecule has 17 heavy (non-hydrogen) atoms. The van der Waals surface area contributed by atoms with Crippen molar-refractivity contribution < 1.29 is 9.84 Å². The van der Waals surface area contributed by atoms with Crippen LogP contribution in [-0.2, 0) is 6.54 Å². The van der Waals surface area contributed by atoms with Crippen LogP contribution in [0.5, 0.6) is 11.5 Å². The summed E-state index contributed by atoms with van der Waals surface area (Å²) in [6.07, 6.45) is 0. The summed E-state index contributed by atoms with van der Waals surface area (Å²) in [4.78, 5) is 2.31. The molecule has 2 rings (SSSR count). The van der Waals surface area contributed by atoms with E-state index in [0.29, 0.717) is 10.8 Å². The van der Waals surface area contributed by atoms with E-state index in [4.69, 9.17) is 16.3 Å². The lowest BCUT2D eigenvalue weighted by Gasteiger charge is -2.27. The number of ether oxygens (including phenoxy) is 1. The van der Waals surface area contributed by atoms with Crippen molar-refractivity contribution in [2.24, 2.45) is 0 Å². The quantitative estimate of drug-likeness (QED) is 0.860. The van der Waals surface area contributed by atoms with Crippen molar-refractivity contribution >= 4 is 11.6 Å². The Kier molecular flexibility index (Phi) is 4.10. The molecule has 0 amide bonds. The van der Waals surface area contributed by atoms with Crippen LogP contribution in [0.25, 0.3) is 0 Å². The van der Waals surface area contributed by atoms with Gasteiger partial charge in [0, 0.05) is 43.8 Å². The van der Waals surface area contributed by atoms with Crippen LogP contribution in [0.1, 0.15) is 5.56 Å². The number of piperazine rings is 1. The van der Waals surface area contributed by atoms with Gasteiger partial charge in [-0.15, -0.1) is 0 Å². The first-order valence-electron chi connectivity index (χ1n) is 5.69. The number of rotatable bonds is 3. The first-order valence-corrected chi connectivity index (χ1v) is 6.07. The zero-order valence-corrected chi connectivity index (χ0v) is 10.6. The third-order valence-corrected chi connectivity index (χ3v) is 3.30. The summed E-state index contributed by atoms with van der Waals surface area (Å²) in [5, 5.41) is 13.7. The van der Waals surface area contributed by atoms with Crippen molar-refractivity contribution in [1.82, 2.24) is 10.2 Å². The van der Waals surface area contributed by atoms with E-state index in [9.17, 15) is 5.11 Å². The van der Waals surface area contributed by atoms with Crippen LogP contribution in [0.4, 0.5) is 0 Å². The Morgan fingerprint density at radius 2 is 2.12 bits per heavy atom. The smallest absolute Gasteiger partial charge is 0.161 e. The highest BCUT2D eigenvalue weighted by Crippen LogP contribution is 2.32. The molecule has 0 atom stereocenters. The van der Waals surface area contributed by atoms with Crippen molar-refractivity contribution in [3.8, 4) is 11.5 Å². The van der Waals surface area contributed by atoms with Crippen LogP contribution in [-0.4, -0.2) is 43.3 Å². The van der Waals surface area contributed by atoms with Gasteiger partial charge in [0.25, 0.3) is 0 Å². The minimum Gasteiger partial charge on any atom is -0.504 e. The highest BCUT2D eigenvalue weighted by Gasteiger charge is 2.14. The average Bonchev–Trinajstić information content (AvgIpc) is 2.34. The van der Waals surface area contributed by atoms with Gasteiger partial charge in [0.15, 0.2) is 11.5 Å². The molecular weight excluding hydrogens is 240 g/mol. The molecule has 94 valence electrons. The van der Waals surface area contributed by atoms with Gasteiger partial charge in [-0.3, -0.25) is 4.90 Å². The summed E-state index contributed by atoms with van der Waals surface area (Å²) in [7, 11) is 1.52. The second kappa shape index (κ2) is 5.58. The number of hydrogen-bond donors (Lipinski definition) is 2. The molecule has 5 heteroatoms. The number of nitrogens with zero attached hydrogens (tertiary/aromatic N) is 1. The fraction of sp³-hybridized carbons (Fsp3) is 0.500. The van der Waals surface area contributed by atoms with E-state index in [2.05, 4.69) is 10.2 Å². The van der Waals surface area contributed by atoms with Gasteiger partial charge in [-0.25, -0.2) is 0 Å². The van der Waals surface area contributed by atoms with E-state index < -0.39 is 0 Å². The number of benzene rings is 1. The highest BCUT2D eigenvalue weighted by atomic mass is 35.5. The number of halogens is 1. The second-order valence-electron chi connectivity index (χ2n) is 4.14. The van der Waals surface area contributed by atoms with Crippen LogP contribution in [0.15, 0.2) is 12.1 Å². The molecule has 0 saturated carbocycles. The fourth-order valence-electron chi connectivity index (χ4n) is 1.98. The van der Waals surface area contributed by atoms with E-state index in [0.717, 1.165) is 38.3 Å². The van der Waals surface area contributed by atoms with Gasteiger partial charge in [0.2, 0.25) is 0 Å². The summed E-state index contributed by atoms with van der Waals surface area (Å²) < 4.78 is 5.01. The summed E-state index contributed by atoms with van der Waals surface area (Å²) in [6, 6.07) is 3.34. The number of aromatic hydroxyl groups is 1. The molecular formula is C12H17ClN2O2. The molecule has 0 radical (unpaired) electrons. The Bertz CT molecular complexity index is 392. The van der Waals surface area contributed by atoms with Crippen LogP contribution >= 0.6 is 11.6 Å². The van der Waals surface area contributed by atoms with Gasteiger partial charge < -0.3 is 15.2 Å². The fourth-order valence-corrected chi connectivity index (χ4v) is 2.20. The molecule has 0 aliphatic carbocycles. The zero-order valence-electron chi connectivity index (χ0n) is 9.87. The largest absolute Gasteiger partial charge is 0.504 e. The summed E-state index contributed by atoms with van der Waals surface area (Å²) in [6.45, 7) is 4.77. The maximum Gasteiger partial charge on any atom is 0.161 e. The first kappa shape index (κ1) is 12.5. The predicted molar refractivity (Wildman–Crippen MR) is 67.8 cm³/mol. The molecule has 1 heterocycles. The molecule has 4 nitrogen and oxygen atoms in total. The lowest BCUT2D eigenvalue weighted by Crippen LogP contribution is -2.42. The Hall–Kier alpha value is -0.970. The molecule has 1 aromatic carbocycles. The van der Waals surface area contributed by atoms with Gasteiger partial charge in [-0.2, -0.15) is 0 Å². The second-order valence-corrected chi connectivity index (χ2v) is 4.55. The average molecular weight is 257 g/mol. The molecule has 0 bridgehead atoms. The lowest BCUT2D eigenvalue weighted by atomic mass is 10.1. The molecule has 1 fully saturated rings. The Morgan fingerprint density at radius 3 is 2.76 bits per heavy atom. The highest BCUT2D eigenvalue weighted by molar-refractivity contribution is 6.31. The van der Waals surface area contributed by atoms with Crippen LogP contribution in [0, 0.1) is 0 Å². The Balaban J connectivity index is 2.12. The van der Waals surface area contributed by atoms with Crippen LogP contribution in [0.2, 0.25) is 5.02 Å². The molecule has 1 aliphatic heterocycles. The first-order chi connectivity index (χ1) is 8.20. The molecule has 1 aliphatic rings. The molecule has 0 spiro atoms. The topological polar surface area (TPSA) is 44.7 Å². The van der Waals surface area contributed by atoms with Crippen molar-refractivity contribution in [3.05, 3.63) is 22.7 Å². The Labute approximate surface area is 106 Å². The van der Waals surface area contributed by atoms with Gasteiger partial charge in [0.05, 0.1) is 7.11 Å². The van der Waals surface area contributed by atoms with E-state index in [-0.39, 0.29) is 5.75 Å². The Morgan fingerprint density at radius 1 is 1.41 bits per heavy atom. The number of phenolic OH excluding ortho intramolecular Hbond substituents is 1. The third kappa shape index (κ3) is 3.03. The van der Waals surface area contributed by atoms with Crippen LogP contribution in [0.3, 0.4) is 0 Å².